The van der Waals surface area contributed by atoms with Crippen LogP contribution in [0.25, 0.3) is 0 Å². The Morgan fingerprint density at radius 1 is 1.33 bits per heavy atom. The molecule has 0 heterocycles. The van der Waals surface area contributed by atoms with Gasteiger partial charge in [0.1, 0.15) is 5.75 Å². The molecule has 4 nitrogen and oxygen atoms in total. The van der Waals surface area contributed by atoms with Crippen LogP contribution in [0.15, 0.2) is 18.2 Å². The van der Waals surface area contributed by atoms with Gasteiger partial charge in [-0.25, -0.2) is 0 Å². The van der Waals surface area contributed by atoms with Crippen molar-refractivity contribution in [2.75, 3.05) is 12.3 Å². The number of nitriles is 2. The van der Waals surface area contributed by atoms with Crippen LogP contribution in [0, 0.1) is 28.1 Å². The summed E-state index contributed by atoms with van der Waals surface area (Å²) in [5.41, 5.74) is 6.43. The van der Waals surface area contributed by atoms with Crippen LogP contribution in [-0.2, 0) is 0 Å². The fourth-order valence-corrected chi connectivity index (χ4v) is 1.50. The van der Waals surface area contributed by atoms with E-state index < -0.39 is 0 Å². The molecule has 0 saturated heterocycles. The van der Waals surface area contributed by atoms with Gasteiger partial charge in [0.15, 0.2) is 0 Å². The lowest BCUT2D eigenvalue weighted by Gasteiger charge is -2.15. The standard InChI is InChI=1S/C14H17N3O/c1-14(2,10-16)6-3-7-18-13-5-4-11(9-15)8-12(13)17/h4-5,8H,3,6-7,17H2,1-2H3. The minimum absolute atomic E-state index is 0.320. The van der Waals surface area contributed by atoms with Gasteiger partial charge < -0.3 is 10.5 Å². The number of hydrogen-bond acceptors (Lipinski definition) is 4. The quantitative estimate of drug-likeness (QED) is 0.636. The number of nitrogen functional groups attached to an aromatic ring is 1. The predicted octanol–water partition coefficient (Wildman–Crippen LogP) is 2.85. The van der Waals surface area contributed by atoms with Crippen LogP contribution in [0.5, 0.6) is 5.75 Å². The lowest BCUT2D eigenvalue weighted by atomic mass is 9.90. The van der Waals surface area contributed by atoms with Gasteiger partial charge in [-0.2, -0.15) is 10.5 Å². The average Bonchev–Trinajstić information content (AvgIpc) is 2.36. The van der Waals surface area contributed by atoms with Gasteiger partial charge in [0.05, 0.1) is 35.4 Å². The van der Waals surface area contributed by atoms with E-state index in [2.05, 4.69) is 6.07 Å². The summed E-state index contributed by atoms with van der Waals surface area (Å²) in [6.07, 6.45) is 1.57. The van der Waals surface area contributed by atoms with Crippen molar-refractivity contribution in [3.63, 3.8) is 0 Å². The molecule has 0 aromatic heterocycles. The molecule has 0 atom stereocenters. The highest BCUT2D eigenvalue weighted by Crippen LogP contribution is 2.24. The molecule has 4 heteroatoms. The van der Waals surface area contributed by atoms with Crippen LogP contribution < -0.4 is 10.5 Å². The molecule has 0 aliphatic carbocycles. The first-order valence-electron chi connectivity index (χ1n) is 5.82. The van der Waals surface area contributed by atoms with Crippen LogP contribution >= 0.6 is 0 Å². The maximum atomic E-state index is 8.87. The second-order valence-corrected chi connectivity index (χ2v) is 4.81. The minimum Gasteiger partial charge on any atom is -0.491 e. The Morgan fingerprint density at radius 3 is 2.61 bits per heavy atom. The monoisotopic (exact) mass is 243 g/mol. The number of hydrogen-bond donors (Lipinski definition) is 1. The van der Waals surface area contributed by atoms with Crippen molar-refractivity contribution >= 4 is 5.69 Å². The third-order valence-electron chi connectivity index (χ3n) is 2.65. The fraction of sp³-hybridized carbons (Fsp3) is 0.429. The van der Waals surface area contributed by atoms with Gasteiger partial charge in [-0.3, -0.25) is 0 Å². The number of benzene rings is 1. The van der Waals surface area contributed by atoms with Crippen LogP contribution in [0.3, 0.4) is 0 Å². The molecule has 0 radical (unpaired) electrons. The molecule has 1 rings (SSSR count). The van der Waals surface area contributed by atoms with E-state index in [0.29, 0.717) is 23.6 Å². The summed E-state index contributed by atoms with van der Waals surface area (Å²) >= 11 is 0. The first-order chi connectivity index (χ1) is 8.48. The van der Waals surface area contributed by atoms with E-state index in [-0.39, 0.29) is 5.41 Å². The van der Waals surface area contributed by atoms with Crippen LogP contribution in [0.4, 0.5) is 5.69 Å². The Balaban J connectivity index is 2.46. The summed E-state index contributed by atoms with van der Waals surface area (Å²) in [5, 5.41) is 17.6. The molecule has 0 saturated carbocycles. The van der Waals surface area contributed by atoms with Crippen molar-refractivity contribution in [1.82, 2.24) is 0 Å². The molecule has 0 aliphatic rings. The first kappa shape index (κ1) is 13.9. The van der Waals surface area contributed by atoms with Gasteiger partial charge in [0.25, 0.3) is 0 Å². The van der Waals surface area contributed by atoms with Crippen LogP contribution in [-0.4, -0.2) is 6.61 Å². The topological polar surface area (TPSA) is 82.8 Å². The molecular weight excluding hydrogens is 226 g/mol. The zero-order valence-corrected chi connectivity index (χ0v) is 10.7. The summed E-state index contributed by atoms with van der Waals surface area (Å²) < 4.78 is 5.53. The van der Waals surface area contributed by atoms with Crippen molar-refractivity contribution < 1.29 is 4.74 Å². The Hall–Kier alpha value is -2.20. The number of nitrogens with two attached hydrogens (primary N) is 1. The molecule has 0 unspecified atom stereocenters. The highest BCUT2D eigenvalue weighted by molar-refractivity contribution is 5.56. The molecule has 1 aromatic rings. The Kier molecular flexibility index (Phi) is 4.57. The molecule has 0 fully saturated rings. The Labute approximate surface area is 108 Å². The largest absolute Gasteiger partial charge is 0.491 e. The van der Waals surface area contributed by atoms with E-state index in [4.69, 9.17) is 21.0 Å². The number of anilines is 1. The molecule has 1 aromatic carbocycles. The van der Waals surface area contributed by atoms with Crippen molar-refractivity contribution in [2.45, 2.75) is 26.7 Å². The van der Waals surface area contributed by atoms with E-state index in [9.17, 15) is 0 Å². The van der Waals surface area contributed by atoms with Gasteiger partial charge in [0.2, 0.25) is 0 Å². The lowest BCUT2D eigenvalue weighted by molar-refractivity contribution is 0.285. The van der Waals surface area contributed by atoms with Gasteiger partial charge in [-0.05, 0) is 44.9 Å². The highest BCUT2D eigenvalue weighted by Gasteiger charge is 2.15. The van der Waals surface area contributed by atoms with Crippen LogP contribution in [0.2, 0.25) is 0 Å². The molecular formula is C14H17N3O. The molecule has 94 valence electrons. The molecule has 0 bridgehead atoms. The summed E-state index contributed by atoms with van der Waals surface area (Å²) in [6.45, 7) is 4.33. The summed E-state index contributed by atoms with van der Waals surface area (Å²) in [6, 6.07) is 9.23. The number of rotatable bonds is 5. The van der Waals surface area contributed by atoms with Gasteiger partial charge in [-0.1, -0.05) is 0 Å². The normalized spacial score (nSPS) is 10.4. The summed E-state index contributed by atoms with van der Waals surface area (Å²) in [7, 11) is 0. The van der Waals surface area contributed by atoms with E-state index in [1.165, 1.54) is 0 Å². The molecule has 0 amide bonds. The van der Waals surface area contributed by atoms with Gasteiger partial charge >= 0.3 is 0 Å². The first-order valence-corrected chi connectivity index (χ1v) is 5.82. The molecule has 18 heavy (non-hydrogen) atoms. The van der Waals surface area contributed by atoms with Crippen molar-refractivity contribution in [2.24, 2.45) is 5.41 Å². The van der Waals surface area contributed by atoms with Crippen molar-refractivity contribution in [1.29, 1.82) is 10.5 Å². The Morgan fingerprint density at radius 2 is 2.06 bits per heavy atom. The second-order valence-electron chi connectivity index (χ2n) is 4.81. The predicted molar refractivity (Wildman–Crippen MR) is 69.7 cm³/mol. The second kappa shape index (κ2) is 5.93. The van der Waals surface area contributed by atoms with Crippen LogP contribution in [0.1, 0.15) is 32.3 Å². The molecule has 0 aliphatic heterocycles. The fourth-order valence-electron chi connectivity index (χ4n) is 1.50. The van der Waals surface area contributed by atoms with Gasteiger partial charge in [-0.15, -0.1) is 0 Å². The number of ether oxygens (including phenoxy) is 1. The zero-order valence-electron chi connectivity index (χ0n) is 10.7. The van der Waals surface area contributed by atoms with Gasteiger partial charge in [0, 0.05) is 0 Å². The minimum atomic E-state index is -0.320. The van der Waals surface area contributed by atoms with E-state index in [0.717, 1.165) is 12.8 Å². The third kappa shape index (κ3) is 3.99. The number of nitrogens with zero attached hydrogens (tertiary/aromatic N) is 2. The zero-order chi connectivity index (χ0) is 13.6. The SMILES string of the molecule is CC(C)(C#N)CCCOc1ccc(C#N)cc1N. The summed E-state index contributed by atoms with van der Waals surface area (Å²) in [5.74, 6) is 0.587. The maximum absolute atomic E-state index is 8.87. The molecule has 2 N–H and O–H groups in total. The van der Waals surface area contributed by atoms with E-state index in [1.807, 2.05) is 19.9 Å². The lowest BCUT2D eigenvalue weighted by Crippen LogP contribution is -2.10. The maximum Gasteiger partial charge on any atom is 0.142 e. The molecule has 0 spiro atoms. The smallest absolute Gasteiger partial charge is 0.142 e. The third-order valence-corrected chi connectivity index (χ3v) is 2.65. The highest BCUT2D eigenvalue weighted by atomic mass is 16.5. The summed E-state index contributed by atoms with van der Waals surface area (Å²) in [4.78, 5) is 0. The Bertz CT molecular complexity index is 495. The van der Waals surface area contributed by atoms with E-state index in [1.54, 1.807) is 18.2 Å². The van der Waals surface area contributed by atoms with Crippen molar-refractivity contribution in [3.05, 3.63) is 23.8 Å². The van der Waals surface area contributed by atoms with E-state index >= 15 is 0 Å². The van der Waals surface area contributed by atoms with Crippen molar-refractivity contribution in [3.8, 4) is 17.9 Å². The average molecular weight is 243 g/mol.